The monoisotopic (exact) mass is 181 g/mol. The topological polar surface area (TPSA) is 12.0 Å². The van der Waals surface area contributed by atoms with Crippen LogP contribution in [0.4, 0.5) is 0 Å². The van der Waals surface area contributed by atoms with Crippen LogP contribution in [-0.2, 0) is 0 Å². The van der Waals surface area contributed by atoms with Gasteiger partial charge in [0.25, 0.3) is 0 Å². The quantitative estimate of drug-likeness (QED) is 0.703. The fraction of sp³-hybridized carbons (Fsp3) is 1.00. The Morgan fingerprint density at radius 3 is 2.31 bits per heavy atom. The molecule has 2 aliphatic rings. The molecule has 0 bridgehead atoms. The molecule has 0 spiro atoms. The van der Waals surface area contributed by atoms with Crippen molar-refractivity contribution in [1.29, 1.82) is 0 Å². The number of hydrogen-bond acceptors (Lipinski definition) is 1. The molecule has 0 amide bonds. The van der Waals surface area contributed by atoms with Crippen LogP contribution in [0.15, 0.2) is 0 Å². The summed E-state index contributed by atoms with van der Waals surface area (Å²) >= 11 is 0. The zero-order valence-corrected chi connectivity index (χ0v) is 9.05. The molecular weight excluding hydrogens is 158 g/mol. The van der Waals surface area contributed by atoms with Crippen LogP contribution in [0.3, 0.4) is 0 Å². The van der Waals surface area contributed by atoms with Gasteiger partial charge in [-0.15, -0.1) is 0 Å². The van der Waals surface area contributed by atoms with Crippen molar-refractivity contribution in [2.75, 3.05) is 13.1 Å². The van der Waals surface area contributed by atoms with Crippen molar-refractivity contribution in [3.8, 4) is 0 Å². The lowest BCUT2D eigenvalue weighted by Gasteiger charge is -2.06. The number of nitrogens with one attached hydrogen (secondary N) is 1. The van der Waals surface area contributed by atoms with Crippen molar-refractivity contribution in [3.05, 3.63) is 0 Å². The lowest BCUT2D eigenvalue weighted by Crippen LogP contribution is -2.22. The van der Waals surface area contributed by atoms with Crippen LogP contribution in [0.25, 0.3) is 0 Å². The minimum atomic E-state index is 0.806. The highest BCUT2D eigenvalue weighted by molar-refractivity contribution is 4.99. The molecule has 1 N–H and O–H groups in total. The summed E-state index contributed by atoms with van der Waals surface area (Å²) < 4.78 is 0. The Morgan fingerprint density at radius 2 is 1.77 bits per heavy atom. The second kappa shape index (κ2) is 4.00. The first kappa shape index (κ1) is 9.51. The van der Waals surface area contributed by atoms with E-state index in [1.165, 1.54) is 38.8 Å². The Morgan fingerprint density at radius 1 is 1.15 bits per heavy atom. The molecule has 2 atom stereocenters. The molecule has 2 rings (SSSR count). The van der Waals surface area contributed by atoms with Crippen LogP contribution in [0.2, 0.25) is 0 Å². The van der Waals surface area contributed by atoms with Crippen molar-refractivity contribution in [1.82, 2.24) is 5.32 Å². The van der Waals surface area contributed by atoms with Gasteiger partial charge in [-0.25, -0.2) is 0 Å². The SMILES string of the molecule is CC(C)CNCC1C2CCCCC21. The Bertz CT molecular complexity index is 153. The second-order valence-corrected chi connectivity index (χ2v) is 5.33. The van der Waals surface area contributed by atoms with E-state index in [1.807, 2.05) is 0 Å². The van der Waals surface area contributed by atoms with Crippen LogP contribution in [0.5, 0.6) is 0 Å². The average molecular weight is 181 g/mol. The standard InChI is InChI=1S/C12H23N/c1-9(2)7-13-8-12-10-5-3-4-6-11(10)12/h9-13H,3-8H2,1-2H3. The van der Waals surface area contributed by atoms with E-state index in [9.17, 15) is 0 Å². The lowest BCUT2D eigenvalue weighted by molar-refractivity contribution is 0.480. The molecule has 0 radical (unpaired) electrons. The van der Waals surface area contributed by atoms with E-state index in [0.717, 1.165) is 23.7 Å². The van der Waals surface area contributed by atoms with Gasteiger partial charge in [-0.3, -0.25) is 0 Å². The summed E-state index contributed by atoms with van der Waals surface area (Å²) in [6, 6.07) is 0. The van der Waals surface area contributed by atoms with Gasteiger partial charge in [0, 0.05) is 0 Å². The fourth-order valence-corrected chi connectivity index (χ4v) is 2.98. The zero-order valence-electron chi connectivity index (χ0n) is 9.05. The van der Waals surface area contributed by atoms with Gasteiger partial charge in [0.15, 0.2) is 0 Å². The largest absolute Gasteiger partial charge is 0.316 e. The Hall–Kier alpha value is -0.0400. The van der Waals surface area contributed by atoms with Gasteiger partial charge in [0.1, 0.15) is 0 Å². The first-order valence-corrected chi connectivity index (χ1v) is 5.99. The predicted octanol–water partition coefficient (Wildman–Crippen LogP) is 2.67. The molecule has 0 heterocycles. The van der Waals surface area contributed by atoms with Crippen molar-refractivity contribution >= 4 is 0 Å². The lowest BCUT2D eigenvalue weighted by atomic mass is 10.0. The summed E-state index contributed by atoms with van der Waals surface area (Å²) in [5.41, 5.74) is 0. The van der Waals surface area contributed by atoms with Crippen LogP contribution in [-0.4, -0.2) is 13.1 Å². The highest BCUT2D eigenvalue weighted by Crippen LogP contribution is 2.54. The number of fused-ring (bicyclic) bond motifs is 1. The molecule has 2 unspecified atom stereocenters. The van der Waals surface area contributed by atoms with Crippen molar-refractivity contribution < 1.29 is 0 Å². The molecule has 76 valence electrons. The van der Waals surface area contributed by atoms with Gasteiger partial charge in [0.05, 0.1) is 0 Å². The zero-order chi connectivity index (χ0) is 9.26. The summed E-state index contributed by atoms with van der Waals surface area (Å²) in [4.78, 5) is 0. The van der Waals surface area contributed by atoms with Crippen LogP contribution < -0.4 is 5.32 Å². The number of hydrogen-bond donors (Lipinski definition) is 1. The minimum Gasteiger partial charge on any atom is -0.316 e. The van der Waals surface area contributed by atoms with E-state index in [0.29, 0.717) is 0 Å². The normalized spacial score (nSPS) is 37.6. The molecule has 0 aromatic heterocycles. The van der Waals surface area contributed by atoms with Crippen molar-refractivity contribution in [2.45, 2.75) is 39.5 Å². The van der Waals surface area contributed by atoms with E-state index < -0.39 is 0 Å². The van der Waals surface area contributed by atoms with Gasteiger partial charge in [-0.1, -0.05) is 26.7 Å². The van der Waals surface area contributed by atoms with E-state index >= 15 is 0 Å². The summed E-state index contributed by atoms with van der Waals surface area (Å²) in [6.45, 7) is 7.07. The van der Waals surface area contributed by atoms with Crippen LogP contribution >= 0.6 is 0 Å². The molecule has 1 heteroatoms. The molecule has 0 saturated heterocycles. The molecule has 2 saturated carbocycles. The Balaban J connectivity index is 1.62. The highest BCUT2D eigenvalue weighted by atomic mass is 14.9. The molecule has 1 nitrogen and oxygen atoms in total. The molecule has 13 heavy (non-hydrogen) atoms. The highest BCUT2D eigenvalue weighted by Gasteiger charge is 2.49. The van der Waals surface area contributed by atoms with Crippen LogP contribution in [0, 0.1) is 23.7 Å². The first-order valence-electron chi connectivity index (χ1n) is 5.99. The van der Waals surface area contributed by atoms with E-state index in [-0.39, 0.29) is 0 Å². The van der Waals surface area contributed by atoms with Crippen molar-refractivity contribution in [3.63, 3.8) is 0 Å². The molecule has 2 aliphatic carbocycles. The molecule has 2 fully saturated rings. The maximum absolute atomic E-state index is 3.60. The van der Waals surface area contributed by atoms with E-state index in [1.54, 1.807) is 0 Å². The van der Waals surface area contributed by atoms with Gasteiger partial charge in [-0.05, 0) is 49.6 Å². The Kier molecular flexibility index (Phi) is 2.92. The smallest absolute Gasteiger partial charge is 0.00149 e. The maximum Gasteiger partial charge on any atom is -0.00149 e. The maximum atomic E-state index is 3.60. The Labute approximate surface area is 82.3 Å². The minimum absolute atomic E-state index is 0.806. The van der Waals surface area contributed by atoms with Gasteiger partial charge >= 0.3 is 0 Å². The van der Waals surface area contributed by atoms with Crippen LogP contribution in [0.1, 0.15) is 39.5 Å². The summed E-state index contributed by atoms with van der Waals surface area (Å²) in [5.74, 6) is 4.10. The third-order valence-electron chi connectivity index (χ3n) is 3.77. The molecule has 0 aliphatic heterocycles. The second-order valence-electron chi connectivity index (χ2n) is 5.33. The summed E-state index contributed by atoms with van der Waals surface area (Å²) in [6.07, 6.45) is 6.06. The number of rotatable bonds is 4. The van der Waals surface area contributed by atoms with Gasteiger partial charge in [0.2, 0.25) is 0 Å². The summed E-state index contributed by atoms with van der Waals surface area (Å²) in [5, 5.41) is 3.60. The van der Waals surface area contributed by atoms with Gasteiger partial charge in [-0.2, -0.15) is 0 Å². The third kappa shape index (κ3) is 2.25. The molecular formula is C12H23N. The average Bonchev–Trinajstić information content (AvgIpc) is 2.79. The first-order chi connectivity index (χ1) is 6.29. The molecule has 0 aromatic rings. The van der Waals surface area contributed by atoms with Crippen molar-refractivity contribution in [2.24, 2.45) is 23.7 Å². The van der Waals surface area contributed by atoms with Gasteiger partial charge < -0.3 is 5.32 Å². The van der Waals surface area contributed by atoms with E-state index in [4.69, 9.17) is 0 Å². The molecule has 0 aromatic carbocycles. The third-order valence-corrected chi connectivity index (χ3v) is 3.77. The fourth-order valence-electron chi connectivity index (χ4n) is 2.98. The van der Waals surface area contributed by atoms with E-state index in [2.05, 4.69) is 19.2 Å². The predicted molar refractivity (Wildman–Crippen MR) is 56.6 cm³/mol. The summed E-state index contributed by atoms with van der Waals surface area (Å²) in [7, 11) is 0.